The highest BCUT2D eigenvalue weighted by molar-refractivity contribution is 14.1. The lowest BCUT2D eigenvalue weighted by molar-refractivity contribution is 1.64. The summed E-state index contributed by atoms with van der Waals surface area (Å²) in [6.07, 6.45) is 2.15. The van der Waals surface area contributed by atoms with Gasteiger partial charge in [-0.25, -0.2) is 0 Å². The topological polar surface area (TPSA) is 0 Å². The molecule has 1 aromatic carbocycles. The SMILES string of the molecule is C/C(I)=C\c1ccccc1. The molecule has 0 aromatic heterocycles. The third-order valence-corrected chi connectivity index (χ3v) is 1.48. The quantitative estimate of drug-likeness (QED) is 0.663. The van der Waals surface area contributed by atoms with Crippen LogP contribution in [0.15, 0.2) is 33.9 Å². The van der Waals surface area contributed by atoms with Crippen molar-refractivity contribution in [1.29, 1.82) is 0 Å². The van der Waals surface area contributed by atoms with Gasteiger partial charge in [0.05, 0.1) is 0 Å². The molecule has 0 N–H and O–H groups in total. The van der Waals surface area contributed by atoms with Gasteiger partial charge in [0, 0.05) is 0 Å². The first-order valence-corrected chi connectivity index (χ1v) is 4.26. The summed E-state index contributed by atoms with van der Waals surface area (Å²) in [6.45, 7) is 2.09. The van der Waals surface area contributed by atoms with Gasteiger partial charge in [0.25, 0.3) is 0 Å². The lowest BCUT2D eigenvalue weighted by atomic mass is 10.2. The minimum atomic E-state index is 1.27. The van der Waals surface area contributed by atoms with E-state index in [-0.39, 0.29) is 0 Å². The van der Waals surface area contributed by atoms with E-state index in [0.29, 0.717) is 0 Å². The second kappa shape index (κ2) is 3.76. The van der Waals surface area contributed by atoms with E-state index in [9.17, 15) is 0 Å². The summed E-state index contributed by atoms with van der Waals surface area (Å²) >= 11 is 2.31. The zero-order chi connectivity index (χ0) is 7.40. The number of halogens is 1. The van der Waals surface area contributed by atoms with Crippen LogP contribution in [0.5, 0.6) is 0 Å². The van der Waals surface area contributed by atoms with Gasteiger partial charge in [-0.05, 0) is 44.7 Å². The van der Waals surface area contributed by atoms with Gasteiger partial charge in [0.1, 0.15) is 0 Å². The Bertz CT molecular complexity index is 220. The van der Waals surface area contributed by atoms with E-state index in [0.717, 1.165) is 0 Å². The highest BCUT2D eigenvalue weighted by Crippen LogP contribution is 2.10. The molecule has 1 aromatic rings. The molecular formula is C9H9I. The molecule has 0 bridgehead atoms. The van der Waals surface area contributed by atoms with Crippen molar-refractivity contribution in [3.63, 3.8) is 0 Å². The van der Waals surface area contributed by atoms with Crippen LogP contribution < -0.4 is 0 Å². The van der Waals surface area contributed by atoms with Crippen LogP contribution in [0.25, 0.3) is 6.08 Å². The normalized spacial score (nSPS) is 11.6. The van der Waals surface area contributed by atoms with E-state index < -0.39 is 0 Å². The van der Waals surface area contributed by atoms with Gasteiger partial charge in [-0.1, -0.05) is 30.3 Å². The van der Waals surface area contributed by atoms with Gasteiger partial charge in [-0.15, -0.1) is 0 Å². The Hall–Kier alpha value is -0.310. The molecule has 0 spiro atoms. The average molecular weight is 244 g/mol. The minimum absolute atomic E-state index is 1.27. The number of hydrogen-bond donors (Lipinski definition) is 0. The third-order valence-electron chi connectivity index (χ3n) is 1.17. The van der Waals surface area contributed by atoms with Gasteiger partial charge in [-0.3, -0.25) is 0 Å². The van der Waals surface area contributed by atoms with E-state index >= 15 is 0 Å². The molecule has 52 valence electrons. The van der Waals surface area contributed by atoms with Crippen molar-refractivity contribution in [2.75, 3.05) is 0 Å². The average Bonchev–Trinajstić information content (AvgIpc) is 1.88. The van der Waals surface area contributed by atoms with Crippen LogP contribution in [-0.2, 0) is 0 Å². The van der Waals surface area contributed by atoms with Gasteiger partial charge in [-0.2, -0.15) is 0 Å². The number of benzene rings is 1. The first-order valence-electron chi connectivity index (χ1n) is 3.18. The molecule has 0 amide bonds. The van der Waals surface area contributed by atoms with Crippen LogP contribution in [0.3, 0.4) is 0 Å². The van der Waals surface area contributed by atoms with Crippen molar-refractivity contribution in [3.05, 3.63) is 39.5 Å². The molecule has 0 aliphatic rings. The molecule has 0 saturated heterocycles. The highest BCUT2D eigenvalue weighted by atomic mass is 127. The van der Waals surface area contributed by atoms with Crippen LogP contribution in [0.4, 0.5) is 0 Å². The molecule has 1 rings (SSSR count). The molecular weight excluding hydrogens is 235 g/mol. The van der Waals surface area contributed by atoms with Crippen molar-refractivity contribution in [2.45, 2.75) is 6.92 Å². The van der Waals surface area contributed by atoms with Crippen molar-refractivity contribution in [1.82, 2.24) is 0 Å². The fraction of sp³-hybridized carbons (Fsp3) is 0.111. The Morgan fingerprint density at radius 2 is 1.90 bits per heavy atom. The van der Waals surface area contributed by atoms with Crippen LogP contribution in [0, 0.1) is 0 Å². The highest BCUT2D eigenvalue weighted by Gasteiger charge is 1.83. The zero-order valence-corrected chi connectivity index (χ0v) is 8.00. The molecule has 0 saturated carbocycles. The Morgan fingerprint density at radius 3 is 2.40 bits per heavy atom. The smallest absolute Gasteiger partial charge is 0.0119 e. The van der Waals surface area contributed by atoms with Gasteiger partial charge < -0.3 is 0 Å². The van der Waals surface area contributed by atoms with Crippen LogP contribution in [0.1, 0.15) is 12.5 Å². The monoisotopic (exact) mass is 244 g/mol. The van der Waals surface area contributed by atoms with Crippen molar-refractivity contribution < 1.29 is 0 Å². The predicted octanol–water partition coefficient (Wildman–Crippen LogP) is 3.48. The second-order valence-corrected chi connectivity index (χ2v) is 3.84. The maximum Gasteiger partial charge on any atom is -0.0119 e. The molecule has 0 aliphatic carbocycles. The molecule has 10 heavy (non-hydrogen) atoms. The Kier molecular flexibility index (Phi) is 2.93. The van der Waals surface area contributed by atoms with Crippen LogP contribution >= 0.6 is 22.6 Å². The van der Waals surface area contributed by atoms with Gasteiger partial charge >= 0.3 is 0 Å². The van der Waals surface area contributed by atoms with E-state index in [1.165, 1.54) is 9.14 Å². The molecule has 0 atom stereocenters. The first-order chi connectivity index (χ1) is 4.79. The standard InChI is InChI=1S/C9H9I/c1-8(10)7-9-5-3-2-4-6-9/h2-7H,1H3/b8-7+. The van der Waals surface area contributed by atoms with Crippen LogP contribution in [-0.4, -0.2) is 0 Å². The summed E-state index contributed by atoms with van der Waals surface area (Å²) in [5, 5.41) is 0. The zero-order valence-electron chi connectivity index (χ0n) is 5.84. The molecule has 0 radical (unpaired) electrons. The molecule has 0 aliphatic heterocycles. The number of rotatable bonds is 1. The summed E-state index contributed by atoms with van der Waals surface area (Å²) in [7, 11) is 0. The van der Waals surface area contributed by atoms with Crippen molar-refractivity contribution >= 4 is 28.7 Å². The van der Waals surface area contributed by atoms with Crippen molar-refractivity contribution in [3.8, 4) is 0 Å². The summed E-state index contributed by atoms with van der Waals surface area (Å²) in [4.78, 5) is 0. The van der Waals surface area contributed by atoms with Gasteiger partial charge in [0.15, 0.2) is 0 Å². The van der Waals surface area contributed by atoms with E-state index in [1.807, 2.05) is 18.2 Å². The second-order valence-electron chi connectivity index (χ2n) is 2.14. The molecule has 0 heterocycles. The minimum Gasteiger partial charge on any atom is -0.0622 e. The number of hydrogen-bond acceptors (Lipinski definition) is 0. The maximum atomic E-state index is 2.31. The number of allylic oxidation sites excluding steroid dienone is 1. The molecule has 0 unspecified atom stereocenters. The fourth-order valence-corrected chi connectivity index (χ4v) is 1.14. The summed E-state index contributed by atoms with van der Waals surface area (Å²) < 4.78 is 1.31. The van der Waals surface area contributed by atoms with E-state index in [1.54, 1.807) is 0 Å². The van der Waals surface area contributed by atoms with E-state index in [4.69, 9.17) is 0 Å². The lowest BCUT2D eigenvalue weighted by Gasteiger charge is -1.90. The first kappa shape index (κ1) is 7.79. The predicted molar refractivity (Wildman–Crippen MR) is 54.1 cm³/mol. The summed E-state index contributed by atoms with van der Waals surface area (Å²) in [5.74, 6) is 0. The van der Waals surface area contributed by atoms with Crippen molar-refractivity contribution in [2.24, 2.45) is 0 Å². The van der Waals surface area contributed by atoms with E-state index in [2.05, 4.69) is 47.7 Å². The summed E-state index contributed by atoms with van der Waals surface area (Å²) in [6, 6.07) is 10.3. The van der Waals surface area contributed by atoms with Gasteiger partial charge in [0.2, 0.25) is 0 Å². The van der Waals surface area contributed by atoms with Crippen LogP contribution in [0.2, 0.25) is 0 Å². The maximum absolute atomic E-state index is 2.31. The largest absolute Gasteiger partial charge is 0.0622 e. The fourth-order valence-electron chi connectivity index (χ4n) is 0.779. The Morgan fingerprint density at radius 1 is 1.30 bits per heavy atom. The Labute approximate surface area is 75.1 Å². The molecule has 0 nitrogen and oxygen atoms in total. The molecule has 0 fully saturated rings. The third kappa shape index (κ3) is 2.52. The molecule has 1 heteroatoms. The Balaban J connectivity index is 2.87. The summed E-state index contributed by atoms with van der Waals surface area (Å²) in [5.41, 5.74) is 1.27. The lowest BCUT2D eigenvalue weighted by Crippen LogP contribution is -1.67.